The van der Waals surface area contributed by atoms with E-state index in [-0.39, 0.29) is 5.41 Å². The van der Waals surface area contributed by atoms with Gasteiger partial charge in [0.2, 0.25) is 5.89 Å². The number of nitrogens with zero attached hydrogens (tertiary/aromatic N) is 3. The molecule has 1 aromatic heterocycles. The summed E-state index contributed by atoms with van der Waals surface area (Å²) in [6.07, 6.45) is 1.83. The molecule has 5 heteroatoms. The van der Waals surface area contributed by atoms with E-state index in [0.29, 0.717) is 5.92 Å². The Kier molecular flexibility index (Phi) is 3.70. The van der Waals surface area contributed by atoms with Crippen LogP contribution in [0.15, 0.2) is 28.8 Å². The first kappa shape index (κ1) is 14.8. The quantitative estimate of drug-likeness (QED) is 0.936. The molecule has 0 amide bonds. The van der Waals surface area contributed by atoms with Gasteiger partial charge in [0.05, 0.1) is 5.41 Å². The highest BCUT2D eigenvalue weighted by molar-refractivity contribution is 5.28. The summed E-state index contributed by atoms with van der Waals surface area (Å²) >= 11 is 0. The van der Waals surface area contributed by atoms with Crippen LogP contribution in [0.25, 0.3) is 0 Å². The van der Waals surface area contributed by atoms with Crippen molar-refractivity contribution >= 4 is 0 Å². The topological polar surface area (TPSA) is 54.2 Å². The first-order chi connectivity index (χ1) is 11.2. The van der Waals surface area contributed by atoms with Crippen LogP contribution >= 0.6 is 0 Å². The minimum atomic E-state index is 0.0312. The van der Waals surface area contributed by atoms with Crippen molar-refractivity contribution in [1.29, 1.82) is 0 Å². The number of benzene rings is 1. The molecule has 0 spiro atoms. The minimum absolute atomic E-state index is 0.0312. The molecule has 2 fully saturated rings. The molecule has 23 heavy (non-hydrogen) atoms. The Labute approximate surface area is 137 Å². The number of fused-ring (bicyclic) bond motifs is 1. The van der Waals surface area contributed by atoms with Gasteiger partial charge in [-0.3, -0.25) is 0 Å². The zero-order valence-corrected chi connectivity index (χ0v) is 13.9. The van der Waals surface area contributed by atoms with E-state index in [4.69, 9.17) is 9.51 Å². The molecule has 0 radical (unpaired) electrons. The molecule has 2 saturated heterocycles. The second-order valence-electron chi connectivity index (χ2n) is 7.12. The van der Waals surface area contributed by atoms with E-state index in [1.165, 1.54) is 11.1 Å². The van der Waals surface area contributed by atoms with E-state index in [1.807, 2.05) is 0 Å². The van der Waals surface area contributed by atoms with Gasteiger partial charge in [0.25, 0.3) is 0 Å². The third-order valence-electron chi connectivity index (χ3n) is 5.59. The third-order valence-corrected chi connectivity index (χ3v) is 5.59. The molecule has 2 aliphatic rings. The molecule has 0 unspecified atom stereocenters. The summed E-state index contributed by atoms with van der Waals surface area (Å²) in [5, 5.41) is 7.81. The third kappa shape index (κ3) is 2.58. The van der Waals surface area contributed by atoms with Crippen molar-refractivity contribution in [2.45, 2.75) is 25.2 Å². The molecule has 3 heterocycles. The second-order valence-corrected chi connectivity index (χ2v) is 7.12. The average molecular weight is 312 g/mol. The molecule has 2 aromatic rings. The van der Waals surface area contributed by atoms with Gasteiger partial charge in [0.15, 0.2) is 5.82 Å². The van der Waals surface area contributed by atoms with Gasteiger partial charge in [-0.05, 0) is 44.0 Å². The molecular formula is C18H24N4O. The summed E-state index contributed by atoms with van der Waals surface area (Å²) < 4.78 is 5.74. The van der Waals surface area contributed by atoms with Crippen molar-refractivity contribution < 1.29 is 4.52 Å². The average Bonchev–Trinajstić information content (AvgIpc) is 3.16. The fourth-order valence-electron chi connectivity index (χ4n) is 4.06. The Morgan fingerprint density at radius 1 is 1.39 bits per heavy atom. The van der Waals surface area contributed by atoms with E-state index in [1.54, 1.807) is 0 Å². The predicted molar refractivity (Wildman–Crippen MR) is 88.4 cm³/mol. The predicted octanol–water partition coefficient (Wildman–Crippen LogP) is 1.76. The smallest absolute Gasteiger partial charge is 0.234 e. The molecule has 122 valence electrons. The van der Waals surface area contributed by atoms with Gasteiger partial charge in [-0.25, -0.2) is 0 Å². The highest BCUT2D eigenvalue weighted by Crippen LogP contribution is 2.41. The number of piperidine rings is 1. The zero-order chi connectivity index (χ0) is 15.9. The Morgan fingerprint density at radius 3 is 3.13 bits per heavy atom. The van der Waals surface area contributed by atoms with Crippen LogP contribution in [-0.4, -0.2) is 48.3 Å². The van der Waals surface area contributed by atoms with E-state index in [9.17, 15) is 0 Å². The van der Waals surface area contributed by atoms with Crippen LogP contribution in [-0.2, 0) is 11.8 Å². The summed E-state index contributed by atoms with van der Waals surface area (Å²) in [6, 6.07) is 8.39. The maximum absolute atomic E-state index is 5.74. The molecule has 0 bridgehead atoms. The van der Waals surface area contributed by atoms with Crippen LogP contribution in [0.5, 0.6) is 0 Å². The summed E-state index contributed by atoms with van der Waals surface area (Å²) in [6.45, 7) is 6.32. The normalized spacial score (nSPS) is 28.0. The van der Waals surface area contributed by atoms with E-state index >= 15 is 0 Å². The van der Waals surface area contributed by atoms with Gasteiger partial charge in [-0.1, -0.05) is 29.4 Å². The highest BCUT2D eigenvalue weighted by Gasteiger charge is 2.50. The fraction of sp³-hybridized carbons (Fsp3) is 0.556. The SMILES string of the molecule is Cc1ccccc1Cc1noc([C@@]23CCN(C)C[C@@H]2CNC3)n1. The first-order valence-corrected chi connectivity index (χ1v) is 8.44. The fourth-order valence-corrected chi connectivity index (χ4v) is 4.06. The highest BCUT2D eigenvalue weighted by atomic mass is 16.5. The van der Waals surface area contributed by atoms with Gasteiger partial charge in [-0.15, -0.1) is 0 Å². The van der Waals surface area contributed by atoms with Gasteiger partial charge in [0.1, 0.15) is 0 Å². The summed E-state index contributed by atoms with van der Waals surface area (Å²) in [4.78, 5) is 7.20. The van der Waals surface area contributed by atoms with Gasteiger partial charge in [0, 0.05) is 26.1 Å². The number of hydrogen-bond donors (Lipinski definition) is 1. The molecule has 5 nitrogen and oxygen atoms in total. The monoisotopic (exact) mass is 312 g/mol. The van der Waals surface area contributed by atoms with E-state index in [0.717, 1.165) is 50.7 Å². The number of likely N-dealkylation sites (tertiary alicyclic amines) is 1. The second kappa shape index (κ2) is 5.73. The van der Waals surface area contributed by atoms with Crippen molar-refractivity contribution in [2.75, 3.05) is 33.2 Å². The Balaban J connectivity index is 1.59. The summed E-state index contributed by atoms with van der Waals surface area (Å²) in [7, 11) is 2.19. The molecule has 0 aliphatic carbocycles. The summed E-state index contributed by atoms with van der Waals surface area (Å²) in [5.41, 5.74) is 2.57. The van der Waals surface area contributed by atoms with Crippen molar-refractivity contribution in [1.82, 2.24) is 20.4 Å². The van der Waals surface area contributed by atoms with E-state index in [2.05, 4.69) is 53.6 Å². The van der Waals surface area contributed by atoms with Crippen LogP contribution in [0.2, 0.25) is 0 Å². The molecule has 1 aromatic carbocycles. The Morgan fingerprint density at radius 2 is 2.26 bits per heavy atom. The molecular weight excluding hydrogens is 288 g/mol. The first-order valence-electron chi connectivity index (χ1n) is 8.44. The van der Waals surface area contributed by atoms with Crippen LogP contribution < -0.4 is 5.32 Å². The molecule has 4 rings (SSSR count). The number of aryl methyl sites for hydroxylation is 1. The maximum Gasteiger partial charge on any atom is 0.234 e. The van der Waals surface area contributed by atoms with Crippen LogP contribution in [0.1, 0.15) is 29.3 Å². The van der Waals surface area contributed by atoms with E-state index < -0.39 is 0 Å². The van der Waals surface area contributed by atoms with Crippen LogP contribution in [0.4, 0.5) is 0 Å². The lowest BCUT2D eigenvalue weighted by atomic mass is 9.72. The lowest BCUT2D eigenvalue weighted by molar-refractivity contribution is 0.118. The lowest BCUT2D eigenvalue weighted by Gasteiger charge is -2.39. The molecule has 2 atom stereocenters. The lowest BCUT2D eigenvalue weighted by Crippen LogP contribution is -2.48. The van der Waals surface area contributed by atoms with Crippen molar-refractivity contribution in [3.05, 3.63) is 47.1 Å². The Hall–Kier alpha value is -1.72. The number of hydrogen-bond acceptors (Lipinski definition) is 5. The van der Waals surface area contributed by atoms with Crippen LogP contribution in [0.3, 0.4) is 0 Å². The molecule has 1 N–H and O–H groups in total. The van der Waals surface area contributed by atoms with Crippen LogP contribution in [0, 0.1) is 12.8 Å². The maximum atomic E-state index is 5.74. The summed E-state index contributed by atoms with van der Waals surface area (Å²) in [5.74, 6) is 2.20. The van der Waals surface area contributed by atoms with Gasteiger partial charge in [-0.2, -0.15) is 4.98 Å². The molecule has 2 aliphatic heterocycles. The Bertz CT molecular complexity index is 698. The minimum Gasteiger partial charge on any atom is -0.339 e. The van der Waals surface area contributed by atoms with Crippen molar-refractivity contribution in [3.63, 3.8) is 0 Å². The standard InChI is InChI=1S/C18H24N4O/c1-13-5-3-4-6-14(13)9-16-20-17(23-21-16)18-7-8-22(2)11-15(18)10-19-12-18/h3-6,15,19H,7-12H2,1-2H3/t15-,18+/m0/s1. The largest absolute Gasteiger partial charge is 0.339 e. The molecule has 0 saturated carbocycles. The number of nitrogens with one attached hydrogen (secondary N) is 1. The van der Waals surface area contributed by atoms with Crippen molar-refractivity contribution in [3.8, 4) is 0 Å². The number of rotatable bonds is 3. The number of aromatic nitrogens is 2. The van der Waals surface area contributed by atoms with Gasteiger partial charge >= 0.3 is 0 Å². The van der Waals surface area contributed by atoms with Gasteiger partial charge < -0.3 is 14.7 Å². The zero-order valence-electron chi connectivity index (χ0n) is 13.9. The van der Waals surface area contributed by atoms with Crippen molar-refractivity contribution in [2.24, 2.45) is 5.92 Å².